The molecule has 0 saturated carbocycles. The van der Waals surface area contributed by atoms with Gasteiger partial charge in [0, 0.05) is 27.1 Å². The van der Waals surface area contributed by atoms with Crippen LogP contribution in [0.3, 0.4) is 0 Å². The number of halogens is 6. The van der Waals surface area contributed by atoms with Gasteiger partial charge in [0.15, 0.2) is 0 Å². The third-order valence-electron chi connectivity index (χ3n) is 12.3. The summed E-state index contributed by atoms with van der Waals surface area (Å²) in [6, 6.07) is 46.7. The van der Waals surface area contributed by atoms with E-state index in [4.69, 9.17) is 0 Å². The lowest BCUT2D eigenvalue weighted by molar-refractivity contribution is -0.143. The predicted molar refractivity (Wildman–Crippen MR) is 245 cm³/mol. The van der Waals surface area contributed by atoms with Gasteiger partial charge in [-0.3, -0.25) is 0 Å². The van der Waals surface area contributed by atoms with Crippen molar-refractivity contribution in [2.45, 2.75) is 40.0 Å². The summed E-state index contributed by atoms with van der Waals surface area (Å²) in [5, 5.41) is 14.4. The Morgan fingerprint density at radius 2 is 0.859 bits per heavy atom. The molecule has 10 aromatic rings. The Kier molecular flexibility index (Phi) is 9.35. The lowest BCUT2D eigenvalue weighted by Crippen LogP contribution is -2.11. The summed E-state index contributed by atoms with van der Waals surface area (Å²) in [5.74, 6) is 0. The van der Waals surface area contributed by atoms with Crippen molar-refractivity contribution in [1.82, 2.24) is 9.13 Å². The molecule has 2 aromatic heterocycles. The van der Waals surface area contributed by atoms with Crippen molar-refractivity contribution < 1.29 is 26.3 Å². The molecule has 0 aliphatic rings. The third kappa shape index (κ3) is 6.69. The lowest BCUT2D eigenvalue weighted by atomic mass is 9.95. The van der Waals surface area contributed by atoms with Crippen molar-refractivity contribution in [3.05, 3.63) is 191 Å². The average Bonchev–Trinajstić information content (AvgIpc) is 3.77. The summed E-state index contributed by atoms with van der Waals surface area (Å²) in [6.45, 7) is 8.15. The van der Waals surface area contributed by atoms with E-state index in [0.717, 1.165) is 78.2 Å². The van der Waals surface area contributed by atoms with Crippen LogP contribution in [-0.4, -0.2) is 9.13 Å². The molecule has 0 atom stereocenters. The van der Waals surface area contributed by atoms with E-state index in [1.165, 1.54) is 0 Å². The summed E-state index contributed by atoms with van der Waals surface area (Å²) in [6.07, 6.45) is -10.2. The highest BCUT2D eigenvalue weighted by Crippen LogP contribution is 2.45. The van der Waals surface area contributed by atoms with Crippen molar-refractivity contribution in [3.8, 4) is 50.8 Å². The van der Waals surface area contributed by atoms with Gasteiger partial charge in [-0.2, -0.15) is 31.6 Å². The second kappa shape index (κ2) is 14.8. The maximum Gasteiger partial charge on any atom is 0.416 e. The first-order valence-corrected chi connectivity index (χ1v) is 20.7. The Bertz CT molecular complexity index is 3560. The largest absolute Gasteiger partial charge is 0.416 e. The van der Waals surface area contributed by atoms with E-state index >= 15 is 0 Å². The van der Waals surface area contributed by atoms with Crippen LogP contribution in [0.1, 0.15) is 38.9 Å². The van der Waals surface area contributed by atoms with E-state index < -0.39 is 23.5 Å². The van der Waals surface area contributed by atoms with E-state index in [2.05, 4.69) is 55.5 Å². The molecule has 0 aliphatic carbocycles. The number of aryl methyl sites for hydroxylation is 4. The number of alkyl halides is 6. The van der Waals surface area contributed by atoms with Gasteiger partial charge in [0.25, 0.3) is 0 Å². The second-order valence-electron chi connectivity index (χ2n) is 16.6. The minimum atomic E-state index is -5.09. The van der Waals surface area contributed by atoms with Gasteiger partial charge < -0.3 is 9.13 Å². The molecule has 0 spiro atoms. The van der Waals surface area contributed by atoms with Gasteiger partial charge >= 0.3 is 12.4 Å². The molecule has 0 N–H and O–H groups in total. The maximum absolute atomic E-state index is 14.6. The standard InChI is InChI=1S/C55H37F6N3/c1-31-13-17-41(33(3)21-31)35-15-19-50-46(25-35)43-9-5-7-11-48(43)63(50)52-29-45(37-23-39(54(56,57)58)28-40(24-37)55(59,60)61)53(27-38(52)30-62)64-49-12-8-6-10-44(49)47-26-36(16-20-51(47)64)42-18-14-32(2)22-34(42)4/h5-29H,1-4H3. The topological polar surface area (TPSA) is 33.6 Å². The number of para-hydroxylation sites is 2. The molecule has 2 heterocycles. The van der Waals surface area contributed by atoms with E-state index in [0.29, 0.717) is 27.8 Å². The van der Waals surface area contributed by atoms with Crippen molar-refractivity contribution in [3.63, 3.8) is 0 Å². The van der Waals surface area contributed by atoms with Crippen molar-refractivity contribution >= 4 is 43.6 Å². The van der Waals surface area contributed by atoms with Gasteiger partial charge in [-0.05, 0) is 133 Å². The van der Waals surface area contributed by atoms with Crippen LogP contribution >= 0.6 is 0 Å². The molecular weight excluding hydrogens is 817 g/mol. The van der Waals surface area contributed by atoms with Gasteiger partial charge in [0.05, 0.1) is 50.1 Å². The summed E-state index contributed by atoms with van der Waals surface area (Å²) in [4.78, 5) is 0. The van der Waals surface area contributed by atoms with Crippen LogP contribution in [0.25, 0.3) is 88.4 Å². The molecule has 0 saturated heterocycles. The first-order valence-electron chi connectivity index (χ1n) is 20.7. The fourth-order valence-electron chi connectivity index (χ4n) is 9.45. The highest BCUT2D eigenvalue weighted by atomic mass is 19.4. The monoisotopic (exact) mass is 853 g/mol. The number of nitriles is 1. The molecular formula is C55H37F6N3. The fourth-order valence-corrected chi connectivity index (χ4v) is 9.45. The molecule has 0 bridgehead atoms. The third-order valence-corrected chi connectivity index (χ3v) is 12.3. The number of benzene rings is 8. The van der Waals surface area contributed by atoms with Crippen LogP contribution in [-0.2, 0) is 12.4 Å². The van der Waals surface area contributed by atoms with E-state index in [1.807, 2.05) is 109 Å². The van der Waals surface area contributed by atoms with Gasteiger partial charge in [0.2, 0.25) is 0 Å². The number of fused-ring (bicyclic) bond motifs is 6. The fraction of sp³-hybridized carbons (Fsp3) is 0.109. The van der Waals surface area contributed by atoms with Crippen LogP contribution in [0.15, 0.2) is 152 Å². The zero-order valence-corrected chi connectivity index (χ0v) is 35.0. The van der Waals surface area contributed by atoms with Crippen LogP contribution in [0, 0.1) is 39.0 Å². The first kappa shape index (κ1) is 40.5. The molecule has 8 aromatic carbocycles. The molecule has 0 radical (unpaired) electrons. The Labute approximate surface area is 364 Å². The summed E-state index contributed by atoms with van der Waals surface area (Å²) in [7, 11) is 0. The summed E-state index contributed by atoms with van der Waals surface area (Å²) in [5.41, 5.74) is 8.76. The minimum absolute atomic E-state index is 0.0736. The molecule has 0 fully saturated rings. The normalized spacial score (nSPS) is 12.2. The van der Waals surface area contributed by atoms with Crippen molar-refractivity contribution in [1.29, 1.82) is 5.26 Å². The van der Waals surface area contributed by atoms with E-state index in [1.54, 1.807) is 12.1 Å². The van der Waals surface area contributed by atoms with E-state index in [9.17, 15) is 31.6 Å². The Balaban J connectivity index is 1.30. The maximum atomic E-state index is 14.6. The second-order valence-corrected chi connectivity index (χ2v) is 16.6. The van der Waals surface area contributed by atoms with Crippen LogP contribution < -0.4 is 0 Å². The summed E-state index contributed by atoms with van der Waals surface area (Å²) < 4.78 is 91.4. The van der Waals surface area contributed by atoms with Gasteiger partial charge in [-0.25, -0.2) is 0 Å². The molecule has 3 nitrogen and oxygen atoms in total. The highest BCUT2D eigenvalue weighted by Gasteiger charge is 2.37. The van der Waals surface area contributed by atoms with E-state index in [-0.39, 0.29) is 28.4 Å². The van der Waals surface area contributed by atoms with Gasteiger partial charge in [-0.1, -0.05) is 96.1 Å². The molecule has 0 aliphatic heterocycles. The zero-order valence-electron chi connectivity index (χ0n) is 35.0. The van der Waals surface area contributed by atoms with Crippen molar-refractivity contribution in [2.24, 2.45) is 0 Å². The Hall–Kier alpha value is -7.57. The number of rotatable bonds is 5. The number of aromatic nitrogens is 2. The van der Waals surface area contributed by atoms with Crippen LogP contribution in [0.2, 0.25) is 0 Å². The SMILES string of the molecule is Cc1ccc(-c2ccc3c(c2)c2ccccc2n3-c2cc(-c3cc(C(F)(F)F)cc(C(F)(F)F)c3)c(-n3c4ccccc4c4cc(-c5ccc(C)cc5C)ccc43)cc2C#N)c(C)c1. The Morgan fingerprint density at radius 1 is 0.406 bits per heavy atom. The number of hydrogen-bond donors (Lipinski definition) is 0. The molecule has 10 rings (SSSR count). The molecule has 64 heavy (non-hydrogen) atoms. The first-order chi connectivity index (χ1) is 30.6. The quantitative estimate of drug-likeness (QED) is 0.159. The van der Waals surface area contributed by atoms with Crippen LogP contribution in [0.4, 0.5) is 26.3 Å². The van der Waals surface area contributed by atoms with Gasteiger partial charge in [0.1, 0.15) is 6.07 Å². The molecule has 9 heteroatoms. The Morgan fingerprint density at radius 3 is 1.31 bits per heavy atom. The highest BCUT2D eigenvalue weighted by molar-refractivity contribution is 6.12. The number of nitrogens with zero attached hydrogens (tertiary/aromatic N) is 3. The molecule has 0 amide bonds. The zero-order chi connectivity index (χ0) is 44.8. The van der Waals surface area contributed by atoms with Crippen molar-refractivity contribution in [2.75, 3.05) is 0 Å². The minimum Gasteiger partial charge on any atom is -0.309 e. The average molecular weight is 854 g/mol. The molecule has 0 unspecified atom stereocenters. The predicted octanol–water partition coefficient (Wildman–Crippen LogP) is 16.0. The smallest absolute Gasteiger partial charge is 0.309 e. The molecule has 314 valence electrons. The summed E-state index contributed by atoms with van der Waals surface area (Å²) >= 11 is 0. The van der Waals surface area contributed by atoms with Crippen LogP contribution in [0.5, 0.6) is 0 Å². The lowest BCUT2D eigenvalue weighted by Gasteiger charge is -2.20. The number of hydrogen-bond acceptors (Lipinski definition) is 1. The van der Waals surface area contributed by atoms with Gasteiger partial charge in [-0.15, -0.1) is 0 Å².